The molecule has 0 amide bonds. The predicted molar refractivity (Wildman–Crippen MR) is 151 cm³/mol. The first-order chi connectivity index (χ1) is 16.0. The van der Waals surface area contributed by atoms with Crippen LogP contribution in [0.2, 0.25) is 0 Å². The van der Waals surface area contributed by atoms with Crippen molar-refractivity contribution in [3.05, 3.63) is 117 Å². The molecule has 0 aliphatic rings. The average molecular weight is 450 g/mol. The van der Waals surface area contributed by atoms with E-state index in [-0.39, 0.29) is 0 Å². The van der Waals surface area contributed by atoms with E-state index in [1.54, 1.807) is 0 Å². The van der Waals surface area contributed by atoms with E-state index in [4.69, 9.17) is 0 Å². The Morgan fingerprint density at radius 2 is 0.912 bits per heavy atom. The second-order valence-electron chi connectivity index (χ2n) is 9.78. The van der Waals surface area contributed by atoms with Crippen LogP contribution in [0.3, 0.4) is 0 Å². The number of fused-ring (bicyclic) bond motifs is 2. The van der Waals surface area contributed by atoms with Crippen LogP contribution in [0.4, 0.5) is 0 Å². The molecule has 0 unspecified atom stereocenters. The molecule has 0 saturated heterocycles. The molecule has 5 rings (SSSR count). The Balaban J connectivity index is 0.000000146. The first kappa shape index (κ1) is 25.3. The summed E-state index contributed by atoms with van der Waals surface area (Å²) < 4.78 is 2.22. The number of nitrogens with zero attached hydrogens (tertiary/aromatic N) is 1. The molecule has 1 nitrogen and oxygen atoms in total. The first-order valence-electron chi connectivity index (χ1n) is 12.1. The van der Waals surface area contributed by atoms with Gasteiger partial charge in [-0.3, -0.25) is 0 Å². The largest absolute Gasteiger partial charge is 0.348 e. The summed E-state index contributed by atoms with van der Waals surface area (Å²) in [5.74, 6) is 0. The summed E-state index contributed by atoms with van der Waals surface area (Å²) in [5, 5.41) is 4.03. The molecular weight excluding hydrogens is 410 g/mol. The summed E-state index contributed by atoms with van der Waals surface area (Å²) >= 11 is 0. The first-order valence-corrected chi connectivity index (χ1v) is 12.1. The maximum atomic E-state index is 2.26. The molecule has 4 aromatic carbocycles. The molecule has 0 fully saturated rings. The second kappa shape index (κ2) is 10.7. The van der Waals surface area contributed by atoms with Gasteiger partial charge in [0.1, 0.15) is 0 Å². The summed E-state index contributed by atoms with van der Waals surface area (Å²) in [6.45, 7) is 17.1. The Morgan fingerprint density at radius 1 is 0.412 bits per heavy atom. The van der Waals surface area contributed by atoms with E-state index in [0.29, 0.717) is 0 Å². The van der Waals surface area contributed by atoms with Crippen LogP contribution in [0, 0.1) is 55.4 Å². The molecule has 0 bridgehead atoms. The Kier molecular flexibility index (Phi) is 7.99. The Morgan fingerprint density at radius 3 is 1.53 bits per heavy atom. The topological polar surface area (TPSA) is 4.93 Å². The van der Waals surface area contributed by atoms with Crippen molar-refractivity contribution in [1.82, 2.24) is 4.57 Å². The molecule has 1 aromatic heterocycles. The number of aromatic nitrogens is 1. The molecule has 0 radical (unpaired) electrons. The molecular formula is C33H39N. The van der Waals surface area contributed by atoms with E-state index in [1.165, 1.54) is 66.3 Å². The third-order valence-electron chi connectivity index (χ3n) is 6.71. The van der Waals surface area contributed by atoms with Gasteiger partial charge >= 0.3 is 0 Å². The van der Waals surface area contributed by atoms with Crippen LogP contribution >= 0.6 is 0 Å². The average Bonchev–Trinajstić information content (AvgIpc) is 3.06. The van der Waals surface area contributed by atoms with Crippen LogP contribution in [0.15, 0.2) is 72.8 Å². The molecule has 0 N–H and O–H groups in total. The van der Waals surface area contributed by atoms with E-state index in [2.05, 4.69) is 140 Å². The highest BCUT2D eigenvalue weighted by atomic mass is 14.9. The summed E-state index contributed by atoms with van der Waals surface area (Å²) in [5.41, 5.74) is 12.1. The lowest BCUT2D eigenvalue weighted by molar-refractivity contribution is 0.918. The van der Waals surface area contributed by atoms with Gasteiger partial charge in [0.2, 0.25) is 0 Å². The van der Waals surface area contributed by atoms with Gasteiger partial charge in [0, 0.05) is 23.6 Å². The van der Waals surface area contributed by atoms with Crippen LogP contribution in [0.25, 0.3) is 21.7 Å². The Bertz CT molecular complexity index is 1430. The minimum Gasteiger partial charge on any atom is -0.348 e. The summed E-state index contributed by atoms with van der Waals surface area (Å²) in [6, 6.07) is 26.4. The lowest BCUT2D eigenvalue weighted by atomic mass is 10.0. The fourth-order valence-electron chi connectivity index (χ4n) is 4.14. The third kappa shape index (κ3) is 6.17. The molecule has 0 atom stereocenters. The standard InChI is InChI=1S/C13H14.C11H13N.C9H12/c1-9-4-5-12-7-10(2)11(3)8-13(12)6-9;1-8-4-5-11-10(6-8)7-9(2)12(11)3;1-7-4-5-8(2)9(3)6-7/h4-8H,1-3H3;4-7H,1-3H3;4-6H,1-3H3. The summed E-state index contributed by atoms with van der Waals surface area (Å²) in [4.78, 5) is 0. The fourth-order valence-corrected chi connectivity index (χ4v) is 4.14. The lowest BCUT2D eigenvalue weighted by Crippen LogP contribution is -1.88. The van der Waals surface area contributed by atoms with Gasteiger partial charge < -0.3 is 4.57 Å². The number of hydrogen-bond acceptors (Lipinski definition) is 0. The Labute approximate surface area is 206 Å². The minimum atomic E-state index is 1.32. The zero-order valence-electron chi connectivity index (χ0n) is 22.4. The number of hydrogen-bond donors (Lipinski definition) is 0. The second-order valence-corrected chi connectivity index (χ2v) is 9.78. The summed E-state index contributed by atoms with van der Waals surface area (Å²) in [6.07, 6.45) is 0. The highest BCUT2D eigenvalue weighted by molar-refractivity contribution is 5.84. The summed E-state index contributed by atoms with van der Waals surface area (Å²) in [7, 11) is 2.10. The highest BCUT2D eigenvalue weighted by Crippen LogP contribution is 2.20. The predicted octanol–water partition coefficient (Wildman–Crippen LogP) is 9.17. The van der Waals surface area contributed by atoms with Crippen molar-refractivity contribution in [1.29, 1.82) is 0 Å². The van der Waals surface area contributed by atoms with E-state index < -0.39 is 0 Å². The van der Waals surface area contributed by atoms with Gasteiger partial charge in [0.25, 0.3) is 0 Å². The molecule has 0 aliphatic carbocycles. The van der Waals surface area contributed by atoms with Crippen molar-refractivity contribution in [2.75, 3.05) is 0 Å². The molecule has 0 spiro atoms. The van der Waals surface area contributed by atoms with E-state index >= 15 is 0 Å². The van der Waals surface area contributed by atoms with Gasteiger partial charge in [0.05, 0.1) is 0 Å². The molecule has 5 aromatic rings. The molecule has 1 heteroatoms. The molecule has 176 valence electrons. The number of benzene rings is 4. The molecule has 34 heavy (non-hydrogen) atoms. The van der Waals surface area contributed by atoms with E-state index in [0.717, 1.165) is 0 Å². The maximum absolute atomic E-state index is 2.26. The van der Waals surface area contributed by atoms with Gasteiger partial charge in [-0.1, -0.05) is 71.3 Å². The fraction of sp³-hybridized carbons (Fsp3) is 0.273. The Hall–Kier alpha value is -3.32. The third-order valence-corrected chi connectivity index (χ3v) is 6.71. The van der Waals surface area contributed by atoms with Gasteiger partial charge in [0.15, 0.2) is 0 Å². The van der Waals surface area contributed by atoms with Crippen molar-refractivity contribution in [2.45, 2.75) is 55.4 Å². The van der Waals surface area contributed by atoms with E-state index in [9.17, 15) is 0 Å². The molecule has 0 saturated carbocycles. The molecule has 0 aliphatic heterocycles. The van der Waals surface area contributed by atoms with Crippen LogP contribution in [-0.4, -0.2) is 4.57 Å². The number of aryl methyl sites for hydroxylation is 9. The highest BCUT2D eigenvalue weighted by Gasteiger charge is 2.00. The van der Waals surface area contributed by atoms with Crippen molar-refractivity contribution in [3.63, 3.8) is 0 Å². The zero-order valence-corrected chi connectivity index (χ0v) is 22.4. The SMILES string of the molecule is Cc1ccc(C)c(C)c1.Cc1ccc2c(c1)cc(C)n2C.Cc1ccc2cc(C)c(C)cc2c1. The van der Waals surface area contributed by atoms with Gasteiger partial charge in [-0.25, -0.2) is 0 Å². The van der Waals surface area contributed by atoms with Crippen molar-refractivity contribution < 1.29 is 0 Å². The van der Waals surface area contributed by atoms with Crippen LogP contribution in [0.1, 0.15) is 44.6 Å². The molecule has 1 heterocycles. The van der Waals surface area contributed by atoms with E-state index in [1.807, 2.05) is 0 Å². The van der Waals surface area contributed by atoms with Crippen LogP contribution in [-0.2, 0) is 7.05 Å². The zero-order chi connectivity index (χ0) is 25.0. The van der Waals surface area contributed by atoms with Gasteiger partial charge in [-0.2, -0.15) is 0 Å². The monoisotopic (exact) mass is 449 g/mol. The van der Waals surface area contributed by atoms with Crippen LogP contribution in [0.5, 0.6) is 0 Å². The number of rotatable bonds is 0. The lowest BCUT2D eigenvalue weighted by Gasteiger charge is -2.04. The normalized spacial score (nSPS) is 10.5. The van der Waals surface area contributed by atoms with Gasteiger partial charge in [-0.15, -0.1) is 0 Å². The smallest absolute Gasteiger partial charge is 0.0479 e. The van der Waals surface area contributed by atoms with Gasteiger partial charge in [-0.05, 0) is 107 Å². The van der Waals surface area contributed by atoms with Crippen LogP contribution < -0.4 is 0 Å². The van der Waals surface area contributed by atoms with Crippen molar-refractivity contribution >= 4 is 21.7 Å². The van der Waals surface area contributed by atoms with Crippen molar-refractivity contribution in [3.8, 4) is 0 Å². The quantitative estimate of drug-likeness (QED) is 0.222. The maximum Gasteiger partial charge on any atom is 0.0479 e. The minimum absolute atomic E-state index is 1.32. The van der Waals surface area contributed by atoms with Crippen molar-refractivity contribution in [2.24, 2.45) is 7.05 Å².